The van der Waals surface area contributed by atoms with Gasteiger partial charge in [-0.1, -0.05) is 0 Å². The molecular formula is C8H14F3O4P. The van der Waals surface area contributed by atoms with Crippen molar-refractivity contribution in [1.82, 2.24) is 0 Å². The van der Waals surface area contributed by atoms with E-state index < -0.39 is 32.7 Å². The summed E-state index contributed by atoms with van der Waals surface area (Å²) in [4.78, 5) is 10.4. The van der Waals surface area contributed by atoms with Crippen molar-refractivity contribution in [3.8, 4) is 0 Å². The normalized spacial score (nSPS) is 15.6. The second-order valence-corrected chi connectivity index (χ2v) is 4.52. The maximum absolute atomic E-state index is 12.3. The molecule has 0 fully saturated rings. The molecule has 0 amide bonds. The van der Waals surface area contributed by atoms with E-state index >= 15 is 0 Å². The van der Waals surface area contributed by atoms with Crippen molar-refractivity contribution in [2.75, 3.05) is 12.8 Å². The number of carbonyl (C=O) groups excluding carboxylic acids is 1. The molecule has 0 saturated heterocycles. The van der Waals surface area contributed by atoms with Crippen LogP contribution in [-0.4, -0.2) is 31.0 Å². The molecule has 8 heteroatoms. The summed E-state index contributed by atoms with van der Waals surface area (Å²) >= 11 is 0. The number of hydrogen-bond acceptors (Lipinski definition) is 4. The lowest BCUT2D eigenvalue weighted by Gasteiger charge is -2.19. The van der Waals surface area contributed by atoms with Gasteiger partial charge in [0.2, 0.25) is 0 Å². The third-order valence-electron chi connectivity index (χ3n) is 1.59. The van der Waals surface area contributed by atoms with Gasteiger partial charge in [0.15, 0.2) is 14.1 Å². The average Bonchev–Trinajstić information content (AvgIpc) is 2.10. The predicted molar refractivity (Wildman–Crippen MR) is 51.7 cm³/mol. The molecule has 0 rings (SSSR count). The molecule has 0 aliphatic heterocycles. The predicted octanol–water partition coefficient (Wildman–Crippen LogP) is 2.38. The van der Waals surface area contributed by atoms with E-state index in [9.17, 15) is 22.5 Å². The zero-order valence-corrected chi connectivity index (χ0v) is 9.97. The molecule has 0 aliphatic carbocycles. The van der Waals surface area contributed by atoms with Crippen LogP contribution >= 0.6 is 8.03 Å². The van der Waals surface area contributed by atoms with Gasteiger partial charge in [-0.05, 0) is 6.92 Å². The van der Waals surface area contributed by atoms with Crippen molar-refractivity contribution < 1.29 is 31.8 Å². The number of esters is 1. The summed E-state index contributed by atoms with van der Waals surface area (Å²) in [5.41, 5.74) is 0. The van der Waals surface area contributed by atoms with Crippen LogP contribution in [0.2, 0.25) is 0 Å². The summed E-state index contributed by atoms with van der Waals surface area (Å²) in [6.45, 7) is 2.67. The van der Waals surface area contributed by atoms with E-state index in [2.05, 4.69) is 9.26 Å². The van der Waals surface area contributed by atoms with E-state index in [-0.39, 0.29) is 12.8 Å². The summed E-state index contributed by atoms with van der Waals surface area (Å²) in [6.07, 6.45) is -7.64. The Morgan fingerprint density at radius 1 is 1.44 bits per heavy atom. The molecule has 0 aromatic carbocycles. The van der Waals surface area contributed by atoms with E-state index in [0.717, 1.165) is 6.92 Å². The van der Waals surface area contributed by atoms with Crippen LogP contribution in [0.15, 0.2) is 0 Å². The van der Waals surface area contributed by atoms with Crippen LogP contribution in [0.25, 0.3) is 0 Å². The highest BCUT2D eigenvalue weighted by atomic mass is 31.1. The van der Waals surface area contributed by atoms with Gasteiger partial charge < -0.3 is 9.26 Å². The van der Waals surface area contributed by atoms with Crippen molar-refractivity contribution in [3.05, 3.63) is 0 Å². The van der Waals surface area contributed by atoms with Crippen LogP contribution in [0.3, 0.4) is 0 Å². The van der Waals surface area contributed by atoms with Gasteiger partial charge in [0.05, 0.1) is 6.61 Å². The van der Waals surface area contributed by atoms with Crippen LogP contribution in [0, 0.1) is 0 Å². The quantitative estimate of drug-likeness (QED) is 0.544. The Bertz CT molecular complexity index is 254. The Balaban J connectivity index is 4.23. The Morgan fingerprint density at radius 2 is 2.00 bits per heavy atom. The summed E-state index contributed by atoms with van der Waals surface area (Å²) in [5, 5.41) is 0. The van der Waals surface area contributed by atoms with Crippen LogP contribution in [0.5, 0.6) is 0 Å². The standard InChI is InChI=1S/C8H14F3O4P/c1-3-14-16(13)5-4-7(8(9,10)11)15-6(2)12/h7,16H,3-5H2,1-2H3. The van der Waals surface area contributed by atoms with Crippen LogP contribution in [0.1, 0.15) is 20.3 Å². The number of ether oxygens (including phenoxy) is 1. The van der Waals surface area contributed by atoms with Gasteiger partial charge in [0, 0.05) is 19.5 Å². The Kier molecular flexibility index (Phi) is 6.67. The minimum Gasteiger partial charge on any atom is -0.453 e. The maximum Gasteiger partial charge on any atom is 0.425 e. The van der Waals surface area contributed by atoms with E-state index in [1.54, 1.807) is 6.92 Å². The van der Waals surface area contributed by atoms with Gasteiger partial charge in [0.25, 0.3) is 0 Å². The van der Waals surface area contributed by atoms with Crippen molar-refractivity contribution in [3.63, 3.8) is 0 Å². The molecule has 0 bridgehead atoms. The highest BCUT2D eigenvalue weighted by Crippen LogP contribution is 2.30. The monoisotopic (exact) mass is 262 g/mol. The van der Waals surface area contributed by atoms with Crippen molar-refractivity contribution in [2.24, 2.45) is 0 Å². The first kappa shape index (κ1) is 15.4. The second-order valence-electron chi connectivity index (χ2n) is 2.98. The number of rotatable bonds is 6. The Hall–Kier alpha value is -0.550. The molecule has 2 unspecified atom stereocenters. The molecule has 0 aromatic rings. The highest BCUT2D eigenvalue weighted by Gasteiger charge is 2.42. The maximum atomic E-state index is 12.3. The first-order valence-corrected chi connectivity index (χ1v) is 6.19. The molecule has 96 valence electrons. The lowest BCUT2D eigenvalue weighted by atomic mass is 10.3. The van der Waals surface area contributed by atoms with Crippen molar-refractivity contribution in [1.29, 1.82) is 0 Å². The average molecular weight is 262 g/mol. The third-order valence-corrected chi connectivity index (χ3v) is 2.90. The number of carbonyl (C=O) groups is 1. The molecule has 4 nitrogen and oxygen atoms in total. The van der Waals surface area contributed by atoms with Crippen LogP contribution in [-0.2, 0) is 18.6 Å². The molecule has 0 N–H and O–H groups in total. The molecular weight excluding hydrogens is 248 g/mol. The van der Waals surface area contributed by atoms with Gasteiger partial charge in [-0.25, -0.2) is 0 Å². The molecule has 0 aromatic heterocycles. The minimum atomic E-state index is -4.64. The van der Waals surface area contributed by atoms with Crippen LogP contribution in [0.4, 0.5) is 13.2 Å². The molecule has 0 aliphatic rings. The summed E-state index contributed by atoms with van der Waals surface area (Å²) < 4.78 is 56.7. The number of hydrogen-bond donors (Lipinski definition) is 0. The summed E-state index contributed by atoms with van der Waals surface area (Å²) in [5.74, 6) is -1.02. The van der Waals surface area contributed by atoms with E-state index in [0.29, 0.717) is 0 Å². The summed E-state index contributed by atoms with van der Waals surface area (Å²) in [7, 11) is -2.47. The van der Waals surface area contributed by atoms with E-state index in [1.165, 1.54) is 0 Å². The summed E-state index contributed by atoms with van der Waals surface area (Å²) in [6, 6.07) is 0. The topological polar surface area (TPSA) is 52.6 Å². The second kappa shape index (κ2) is 6.91. The van der Waals surface area contributed by atoms with Crippen LogP contribution < -0.4 is 0 Å². The fraction of sp³-hybridized carbons (Fsp3) is 0.875. The van der Waals surface area contributed by atoms with Gasteiger partial charge in [-0.2, -0.15) is 13.2 Å². The first-order valence-electron chi connectivity index (χ1n) is 4.67. The SMILES string of the molecule is CCO[PH](=O)CCC(OC(C)=O)C(F)(F)F. The lowest BCUT2D eigenvalue weighted by Crippen LogP contribution is -2.33. The third kappa shape index (κ3) is 6.85. The highest BCUT2D eigenvalue weighted by molar-refractivity contribution is 7.39. The molecule has 0 spiro atoms. The fourth-order valence-electron chi connectivity index (χ4n) is 0.972. The van der Waals surface area contributed by atoms with E-state index in [1.807, 2.05) is 0 Å². The Labute approximate surface area is 92.0 Å². The van der Waals surface area contributed by atoms with Gasteiger partial charge in [-0.15, -0.1) is 0 Å². The molecule has 0 heterocycles. The molecule has 0 radical (unpaired) electrons. The fourth-order valence-corrected chi connectivity index (χ4v) is 1.94. The van der Waals surface area contributed by atoms with Gasteiger partial charge >= 0.3 is 12.1 Å². The van der Waals surface area contributed by atoms with E-state index in [4.69, 9.17) is 0 Å². The Morgan fingerprint density at radius 3 is 2.38 bits per heavy atom. The van der Waals surface area contributed by atoms with Crippen molar-refractivity contribution in [2.45, 2.75) is 32.5 Å². The largest absolute Gasteiger partial charge is 0.453 e. The van der Waals surface area contributed by atoms with Crippen molar-refractivity contribution >= 4 is 14.0 Å². The number of alkyl halides is 3. The zero-order valence-electron chi connectivity index (χ0n) is 8.97. The molecule has 0 saturated carbocycles. The number of halogens is 3. The van der Waals surface area contributed by atoms with Gasteiger partial charge in [0.1, 0.15) is 0 Å². The first-order chi connectivity index (χ1) is 7.27. The lowest BCUT2D eigenvalue weighted by molar-refractivity contribution is -0.220. The van der Waals surface area contributed by atoms with Gasteiger partial charge in [-0.3, -0.25) is 9.36 Å². The smallest absolute Gasteiger partial charge is 0.425 e. The minimum absolute atomic E-state index is 0.183. The molecule has 2 atom stereocenters. The zero-order chi connectivity index (χ0) is 12.8. The molecule has 16 heavy (non-hydrogen) atoms.